The van der Waals surface area contributed by atoms with Crippen molar-refractivity contribution < 1.29 is 9.90 Å². The van der Waals surface area contributed by atoms with Gasteiger partial charge in [-0.15, -0.1) is 0 Å². The Balaban J connectivity index is 1.88. The van der Waals surface area contributed by atoms with Crippen molar-refractivity contribution in [2.45, 2.75) is 32.1 Å². The molecule has 132 valence electrons. The van der Waals surface area contributed by atoms with Gasteiger partial charge in [-0.3, -0.25) is 9.78 Å². The van der Waals surface area contributed by atoms with Gasteiger partial charge in [0.25, 0.3) is 0 Å². The van der Waals surface area contributed by atoms with Crippen LogP contribution in [0.2, 0.25) is 0 Å². The molecule has 2 aromatic rings. The first kappa shape index (κ1) is 17.1. The maximum absolute atomic E-state index is 10.7. The lowest BCUT2D eigenvalue weighted by Crippen LogP contribution is -2.25. The molecule has 0 spiro atoms. The fourth-order valence-electron chi connectivity index (χ4n) is 2.89. The summed E-state index contributed by atoms with van der Waals surface area (Å²) in [5, 5.41) is 11.9. The number of hydrogen-bond donors (Lipinski definition) is 2. The van der Waals surface area contributed by atoms with Gasteiger partial charge in [-0.05, 0) is 25.0 Å². The normalized spacial score (nSPS) is 14.8. The van der Waals surface area contributed by atoms with Gasteiger partial charge in [0.2, 0.25) is 0 Å². The Hall–Kier alpha value is -2.70. The van der Waals surface area contributed by atoms with Crippen LogP contribution in [-0.2, 0) is 4.79 Å². The van der Waals surface area contributed by atoms with Crippen LogP contribution >= 0.6 is 0 Å². The number of carbonyl (C=O) groups is 1. The van der Waals surface area contributed by atoms with Gasteiger partial charge in [0, 0.05) is 31.9 Å². The van der Waals surface area contributed by atoms with Crippen molar-refractivity contribution in [3.05, 3.63) is 30.5 Å². The highest BCUT2D eigenvalue weighted by atomic mass is 16.4. The zero-order valence-corrected chi connectivity index (χ0v) is 14.2. The number of nitrogens with one attached hydrogen (secondary N) is 1. The van der Waals surface area contributed by atoms with E-state index in [2.05, 4.69) is 20.2 Å². The number of anilines is 2. The quantitative estimate of drug-likeness (QED) is 0.834. The molecule has 2 aromatic heterocycles. The summed E-state index contributed by atoms with van der Waals surface area (Å²) in [7, 11) is 0. The number of carboxylic acids is 1. The predicted molar refractivity (Wildman–Crippen MR) is 96.7 cm³/mol. The summed E-state index contributed by atoms with van der Waals surface area (Å²) in [5.74, 6) is 1.23. The number of hydrogen-bond acceptors (Lipinski definition) is 6. The molecular weight excluding hydrogens is 318 g/mol. The van der Waals surface area contributed by atoms with Crippen LogP contribution in [0, 0.1) is 0 Å². The lowest BCUT2D eigenvalue weighted by atomic mass is 10.2. The lowest BCUT2D eigenvalue weighted by Gasteiger charge is -2.22. The maximum Gasteiger partial charge on any atom is 0.305 e. The molecule has 25 heavy (non-hydrogen) atoms. The molecule has 7 heteroatoms. The van der Waals surface area contributed by atoms with Crippen LogP contribution in [-0.4, -0.2) is 45.7 Å². The highest BCUT2D eigenvalue weighted by Crippen LogP contribution is 2.23. The average molecular weight is 341 g/mol. The zero-order valence-electron chi connectivity index (χ0n) is 14.2. The van der Waals surface area contributed by atoms with Gasteiger partial charge in [-0.25, -0.2) is 9.97 Å². The van der Waals surface area contributed by atoms with Crippen molar-refractivity contribution in [3.63, 3.8) is 0 Å². The number of carboxylic acid groups (broad SMARTS) is 1. The van der Waals surface area contributed by atoms with Crippen molar-refractivity contribution in [1.82, 2.24) is 15.0 Å². The van der Waals surface area contributed by atoms with Gasteiger partial charge >= 0.3 is 5.97 Å². The van der Waals surface area contributed by atoms with Crippen LogP contribution in [0.15, 0.2) is 30.5 Å². The maximum atomic E-state index is 10.7. The highest BCUT2D eigenvalue weighted by molar-refractivity contribution is 5.67. The number of aliphatic carboxylic acids is 1. The Bertz CT molecular complexity index is 700. The number of rotatable bonds is 6. The van der Waals surface area contributed by atoms with Crippen molar-refractivity contribution in [1.29, 1.82) is 0 Å². The van der Waals surface area contributed by atoms with Crippen molar-refractivity contribution >= 4 is 17.6 Å². The zero-order chi connectivity index (χ0) is 17.5. The molecule has 1 saturated heterocycles. The third kappa shape index (κ3) is 4.89. The van der Waals surface area contributed by atoms with Crippen LogP contribution in [0.1, 0.15) is 32.1 Å². The summed E-state index contributed by atoms with van der Waals surface area (Å²) in [6.45, 7) is 2.29. The van der Waals surface area contributed by atoms with Gasteiger partial charge in [0.05, 0.1) is 6.42 Å². The fourth-order valence-corrected chi connectivity index (χ4v) is 2.89. The number of pyridine rings is 1. The van der Waals surface area contributed by atoms with Crippen molar-refractivity contribution in [2.75, 3.05) is 29.9 Å². The smallest absolute Gasteiger partial charge is 0.305 e. The number of nitrogens with zero attached hydrogens (tertiary/aromatic N) is 4. The molecule has 0 saturated carbocycles. The van der Waals surface area contributed by atoms with Crippen molar-refractivity contribution in [3.8, 4) is 11.5 Å². The van der Waals surface area contributed by atoms with Gasteiger partial charge in [-0.1, -0.05) is 18.9 Å². The molecule has 0 radical (unpaired) electrons. The fraction of sp³-hybridized carbons (Fsp3) is 0.444. The minimum atomic E-state index is -0.834. The molecule has 1 aliphatic heterocycles. The van der Waals surface area contributed by atoms with Crippen LogP contribution in [0.25, 0.3) is 11.5 Å². The van der Waals surface area contributed by atoms with Gasteiger partial charge in [-0.2, -0.15) is 0 Å². The summed E-state index contributed by atoms with van der Waals surface area (Å²) in [4.78, 5) is 26.6. The first-order valence-corrected chi connectivity index (χ1v) is 8.73. The predicted octanol–water partition coefficient (Wildman–Crippen LogP) is 2.81. The van der Waals surface area contributed by atoms with Crippen molar-refractivity contribution in [2.24, 2.45) is 0 Å². The first-order valence-electron chi connectivity index (χ1n) is 8.73. The molecule has 2 N–H and O–H groups in total. The lowest BCUT2D eigenvalue weighted by molar-refractivity contribution is -0.136. The number of aromatic nitrogens is 3. The Labute approximate surface area is 147 Å². The van der Waals surface area contributed by atoms with E-state index in [4.69, 9.17) is 10.1 Å². The van der Waals surface area contributed by atoms with E-state index in [1.165, 1.54) is 12.8 Å². The van der Waals surface area contributed by atoms with Gasteiger partial charge in [0.1, 0.15) is 17.3 Å². The van der Waals surface area contributed by atoms with Gasteiger partial charge < -0.3 is 15.3 Å². The Kier molecular flexibility index (Phi) is 5.77. The van der Waals surface area contributed by atoms with E-state index in [-0.39, 0.29) is 6.42 Å². The average Bonchev–Trinajstić information content (AvgIpc) is 2.91. The summed E-state index contributed by atoms with van der Waals surface area (Å²) < 4.78 is 0. The molecule has 0 unspecified atom stereocenters. The summed E-state index contributed by atoms with van der Waals surface area (Å²) in [5.41, 5.74) is 0.709. The van der Waals surface area contributed by atoms with Crippen LogP contribution in [0.4, 0.5) is 11.6 Å². The van der Waals surface area contributed by atoms with E-state index >= 15 is 0 Å². The largest absolute Gasteiger partial charge is 0.481 e. The SMILES string of the molecule is O=C(O)CCNc1cc(N2CCCCCC2)nc(-c2ccccn2)n1. The molecule has 0 amide bonds. The molecule has 1 aliphatic rings. The van der Waals surface area contributed by atoms with E-state index in [1.54, 1.807) is 6.20 Å². The molecule has 1 fully saturated rings. The second kappa shape index (κ2) is 8.41. The second-order valence-electron chi connectivity index (χ2n) is 6.12. The van der Waals surface area contributed by atoms with E-state index in [0.29, 0.717) is 23.9 Å². The van der Waals surface area contributed by atoms with Crippen LogP contribution in [0.5, 0.6) is 0 Å². The molecule has 0 atom stereocenters. The molecular formula is C18H23N5O2. The summed E-state index contributed by atoms with van der Waals surface area (Å²) in [6, 6.07) is 7.54. The molecule has 3 heterocycles. The van der Waals surface area contributed by atoms with E-state index in [9.17, 15) is 4.79 Å². The Morgan fingerprint density at radius 2 is 1.96 bits per heavy atom. The molecule has 0 bridgehead atoms. The molecule has 0 aromatic carbocycles. The van der Waals surface area contributed by atoms with E-state index in [0.717, 1.165) is 31.7 Å². The molecule has 0 aliphatic carbocycles. The minimum Gasteiger partial charge on any atom is -0.481 e. The topological polar surface area (TPSA) is 91.2 Å². The molecule has 3 rings (SSSR count). The summed E-state index contributed by atoms with van der Waals surface area (Å²) >= 11 is 0. The second-order valence-corrected chi connectivity index (χ2v) is 6.12. The monoisotopic (exact) mass is 341 g/mol. The highest BCUT2D eigenvalue weighted by Gasteiger charge is 2.15. The Morgan fingerprint density at radius 3 is 2.64 bits per heavy atom. The standard InChI is InChI=1S/C18H23N5O2/c24-17(25)8-10-20-15-13-16(23-11-5-1-2-6-12-23)22-18(21-15)14-7-3-4-9-19-14/h3-4,7,9,13H,1-2,5-6,8,10-12H2,(H,24,25)(H,20,21,22). The summed E-state index contributed by atoms with van der Waals surface area (Å²) in [6.07, 6.45) is 6.57. The van der Waals surface area contributed by atoms with Crippen LogP contribution < -0.4 is 10.2 Å². The first-order chi connectivity index (χ1) is 12.2. The van der Waals surface area contributed by atoms with E-state index in [1.807, 2.05) is 24.3 Å². The molecule has 7 nitrogen and oxygen atoms in total. The Morgan fingerprint density at radius 1 is 1.16 bits per heavy atom. The third-order valence-corrected chi connectivity index (χ3v) is 4.18. The van der Waals surface area contributed by atoms with Gasteiger partial charge in [0.15, 0.2) is 5.82 Å². The van der Waals surface area contributed by atoms with Crippen LogP contribution in [0.3, 0.4) is 0 Å². The minimum absolute atomic E-state index is 0.0436. The van der Waals surface area contributed by atoms with E-state index < -0.39 is 5.97 Å². The third-order valence-electron chi connectivity index (χ3n) is 4.18.